The molecule has 1 spiro atoms. The van der Waals surface area contributed by atoms with Crippen molar-refractivity contribution in [3.8, 4) is 5.75 Å². The molecule has 1 saturated carbocycles. The topological polar surface area (TPSA) is 83.5 Å². The average molecular weight is 404 g/mol. The molecular weight excluding hydrogens is 376 g/mol. The highest BCUT2D eigenvalue weighted by Crippen LogP contribution is 2.60. The maximum absolute atomic E-state index is 11.3. The van der Waals surface area contributed by atoms with Gasteiger partial charge in [-0.05, 0) is 56.2 Å². The molecule has 1 aromatic rings. The molecule has 2 bridgehead atoms. The first-order valence-corrected chi connectivity index (χ1v) is 10.5. The molecule has 1 aliphatic carbocycles. The van der Waals surface area contributed by atoms with Crippen molar-refractivity contribution >= 4 is 5.97 Å². The van der Waals surface area contributed by atoms with Crippen LogP contribution in [0.2, 0.25) is 0 Å². The third kappa shape index (κ3) is 2.90. The number of carbonyl (C=O) groups is 1. The van der Waals surface area contributed by atoms with Crippen molar-refractivity contribution in [2.45, 2.75) is 70.4 Å². The Morgan fingerprint density at radius 1 is 1.17 bits per heavy atom. The molecule has 0 aromatic heterocycles. The van der Waals surface area contributed by atoms with Gasteiger partial charge in [0.2, 0.25) is 12.1 Å². The molecule has 158 valence electrons. The summed E-state index contributed by atoms with van der Waals surface area (Å²) in [5.41, 5.74) is -0.446. The van der Waals surface area contributed by atoms with Crippen LogP contribution in [0.25, 0.3) is 0 Å². The zero-order chi connectivity index (χ0) is 20.4. The molecule has 7 nitrogen and oxygen atoms in total. The monoisotopic (exact) mass is 404 g/mol. The molecule has 0 radical (unpaired) electrons. The summed E-state index contributed by atoms with van der Waals surface area (Å²) in [5, 5.41) is 9.26. The van der Waals surface area contributed by atoms with Crippen LogP contribution >= 0.6 is 0 Å². The van der Waals surface area contributed by atoms with Gasteiger partial charge in [-0.3, -0.25) is 0 Å². The highest BCUT2D eigenvalue weighted by molar-refractivity contribution is 5.88. The lowest BCUT2D eigenvalue weighted by Crippen LogP contribution is -2.70. The van der Waals surface area contributed by atoms with Gasteiger partial charge in [-0.15, -0.1) is 0 Å². The minimum Gasteiger partial charge on any atom is -0.478 e. The summed E-state index contributed by atoms with van der Waals surface area (Å²) in [4.78, 5) is 23.2. The number of carboxylic acids is 1. The summed E-state index contributed by atoms with van der Waals surface area (Å²) in [6.07, 6.45) is 2.71. The second kappa shape index (κ2) is 6.67. The van der Waals surface area contributed by atoms with E-state index in [1.807, 2.05) is 6.92 Å². The van der Waals surface area contributed by atoms with E-state index in [0.717, 1.165) is 25.7 Å². The third-order valence-corrected chi connectivity index (χ3v) is 7.43. The first kappa shape index (κ1) is 19.3. The maximum Gasteiger partial charge on any atom is 0.335 e. The van der Waals surface area contributed by atoms with E-state index in [0.29, 0.717) is 17.6 Å². The molecule has 1 N–H and O–H groups in total. The largest absolute Gasteiger partial charge is 0.478 e. The molecule has 5 fully saturated rings. The van der Waals surface area contributed by atoms with Crippen molar-refractivity contribution in [1.82, 2.24) is 0 Å². The van der Waals surface area contributed by atoms with Gasteiger partial charge in [0, 0.05) is 18.3 Å². The van der Waals surface area contributed by atoms with Crippen molar-refractivity contribution in [3.63, 3.8) is 0 Å². The van der Waals surface area contributed by atoms with E-state index >= 15 is 0 Å². The van der Waals surface area contributed by atoms with Gasteiger partial charge in [0.1, 0.15) is 5.75 Å². The van der Waals surface area contributed by atoms with E-state index < -0.39 is 29.9 Å². The van der Waals surface area contributed by atoms with Gasteiger partial charge in [0.15, 0.2) is 11.9 Å². The molecule has 4 heterocycles. The maximum atomic E-state index is 11.3. The van der Waals surface area contributed by atoms with Gasteiger partial charge in [0.25, 0.3) is 0 Å². The number of rotatable bonds is 3. The summed E-state index contributed by atoms with van der Waals surface area (Å²) >= 11 is 0. The number of benzene rings is 1. The fraction of sp³-hybridized carbons (Fsp3) is 0.682. The minimum absolute atomic E-state index is 0.0318. The molecule has 7 heteroatoms. The number of hydrogen-bond donors (Lipinski definition) is 1. The highest BCUT2D eigenvalue weighted by Gasteiger charge is 2.69. The lowest BCUT2D eigenvalue weighted by Gasteiger charge is -2.60. The minimum atomic E-state index is -0.987. The van der Waals surface area contributed by atoms with E-state index in [1.165, 1.54) is 6.07 Å². The van der Waals surface area contributed by atoms with Gasteiger partial charge >= 0.3 is 5.97 Å². The molecule has 5 aliphatic rings. The Morgan fingerprint density at radius 2 is 2.00 bits per heavy atom. The van der Waals surface area contributed by atoms with Crippen LogP contribution < -0.4 is 4.74 Å². The van der Waals surface area contributed by atoms with E-state index in [4.69, 9.17) is 24.0 Å². The Bertz CT molecular complexity index is 812. The normalized spacial score (nSPS) is 45.9. The summed E-state index contributed by atoms with van der Waals surface area (Å²) in [6, 6.07) is 6.49. The van der Waals surface area contributed by atoms with Crippen LogP contribution in [0.15, 0.2) is 24.3 Å². The van der Waals surface area contributed by atoms with Crippen molar-refractivity contribution < 1.29 is 33.9 Å². The van der Waals surface area contributed by atoms with Crippen LogP contribution in [-0.4, -0.2) is 35.0 Å². The van der Waals surface area contributed by atoms with Gasteiger partial charge in [-0.2, -0.15) is 0 Å². The first-order chi connectivity index (χ1) is 13.8. The van der Waals surface area contributed by atoms with Crippen LogP contribution in [0.3, 0.4) is 0 Å². The predicted octanol–water partition coefficient (Wildman–Crippen LogP) is 3.97. The van der Waals surface area contributed by atoms with E-state index in [9.17, 15) is 9.90 Å². The Labute approximate surface area is 170 Å². The molecule has 1 aromatic carbocycles. The van der Waals surface area contributed by atoms with Crippen molar-refractivity contribution in [2.24, 2.45) is 23.7 Å². The van der Waals surface area contributed by atoms with Crippen LogP contribution in [0.5, 0.6) is 5.75 Å². The molecule has 4 aliphatic heterocycles. The van der Waals surface area contributed by atoms with Gasteiger partial charge < -0.3 is 19.3 Å². The number of fused-ring (bicyclic) bond motifs is 2. The third-order valence-electron chi connectivity index (χ3n) is 7.43. The van der Waals surface area contributed by atoms with E-state index in [1.54, 1.807) is 18.2 Å². The van der Waals surface area contributed by atoms with Crippen LogP contribution in [0.4, 0.5) is 0 Å². The van der Waals surface area contributed by atoms with Crippen LogP contribution in [-0.2, 0) is 19.2 Å². The molecular formula is C22H28O7. The van der Waals surface area contributed by atoms with E-state index in [-0.39, 0.29) is 17.4 Å². The SMILES string of the molecule is C[C@@H]1CCC2[C@@H](C)[C@@H](Oc3cccc(C(=O)O)c3)OC3OC4(C)CCC1[C@]32OO4. The summed E-state index contributed by atoms with van der Waals surface area (Å²) < 4.78 is 18.8. The zero-order valence-electron chi connectivity index (χ0n) is 17.0. The number of hydrogen-bond acceptors (Lipinski definition) is 6. The van der Waals surface area contributed by atoms with Crippen molar-refractivity contribution in [1.29, 1.82) is 0 Å². The van der Waals surface area contributed by atoms with Crippen molar-refractivity contribution in [3.05, 3.63) is 29.8 Å². The molecule has 29 heavy (non-hydrogen) atoms. The second-order valence-corrected chi connectivity index (χ2v) is 9.22. The van der Waals surface area contributed by atoms with Crippen molar-refractivity contribution in [2.75, 3.05) is 0 Å². The summed E-state index contributed by atoms with van der Waals surface area (Å²) in [7, 11) is 0. The molecule has 0 amide bonds. The Hall–Kier alpha value is -1.67. The Kier molecular flexibility index (Phi) is 4.44. The molecule has 8 atom stereocenters. The van der Waals surface area contributed by atoms with Crippen LogP contribution in [0, 0.1) is 23.7 Å². The predicted molar refractivity (Wildman–Crippen MR) is 101 cm³/mol. The van der Waals surface area contributed by atoms with E-state index in [2.05, 4.69) is 13.8 Å². The quantitative estimate of drug-likeness (QED) is 0.763. The fourth-order valence-corrected chi connectivity index (χ4v) is 5.84. The highest BCUT2D eigenvalue weighted by atomic mass is 17.3. The summed E-state index contributed by atoms with van der Waals surface area (Å²) in [5.74, 6) is -0.343. The Balaban J connectivity index is 1.47. The molecule has 6 rings (SSSR count). The lowest BCUT2D eigenvalue weighted by molar-refractivity contribution is -0.575. The molecule has 4 unspecified atom stereocenters. The molecule has 4 saturated heterocycles. The average Bonchev–Trinajstić information content (AvgIpc) is 2.92. The Morgan fingerprint density at radius 3 is 2.79 bits per heavy atom. The summed E-state index contributed by atoms with van der Waals surface area (Å²) in [6.45, 7) is 6.28. The number of aromatic carboxylic acids is 1. The zero-order valence-corrected chi connectivity index (χ0v) is 17.0. The van der Waals surface area contributed by atoms with Gasteiger partial charge in [-0.1, -0.05) is 19.9 Å². The fourth-order valence-electron chi connectivity index (χ4n) is 5.84. The lowest BCUT2D eigenvalue weighted by atomic mass is 9.58. The smallest absolute Gasteiger partial charge is 0.335 e. The number of carboxylic acid groups (broad SMARTS) is 1. The van der Waals surface area contributed by atoms with Gasteiger partial charge in [0.05, 0.1) is 5.56 Å². The second-order valence-electron chi connectivity index (χ2n) is 9.22. The van der Waals surface area contributed by atoms with Gasteiger partial charge in [-0.25, -0.2) is 14.6 Å². The standard InChI is InChI=1S/C22H28O7/c1-12-7-8-17-13(2)19(25-15-6-4-5-14(11-15)18(23)24)26-20-22(17)16(12)9-10-21(3,27-20)28-29-22/h4-6,11-13,16-17,19-20H,7-10H2,1-3H3,(H,23,24)/t12-,13-,16?,17?,19+,20?,21?,22-/m1/s1. The number of ether oxygens (including phenoxy) is 3. The van der Waals surface area contributed by atoms with Crippen LogP contribution in [0.1, 0.15) is 56.8 Å². The first-order valence-electron chi connectivity index (χ1n) is 10.5.